The van der Waals surface area contributed by atoms with Gasteiger partial charge in [-0.15, -0.1) is 0 Å². The van der Waals surface area contributed by atoms with E-state index in [1.165, 1.54) is 4.90 Å². The molecular formula is C33H43N3O7. The van der Waals surface area contributed by atoms with Gasteiger partial charge >= 0.3 is 18.2 Å². The van der Waals surface area contributed by atoms with Gasteiger partial charge in [0.15, 0.2) is 0 Å². The van der Waals surface area contributed by atoms with Gasteiger partial charge in [0, 0.05) is 19.0 Å². The SMILES string of the molecule is CC(C)OC(=O)C(CCCNC(=O)OCC1c2ccccc2-c2ccccc21)NC(=O)[C@@H]1CCCN1C(=O)OC(C)(C)C. The summed E-state index contributed by atoms with van der Waals surface area (Å²) in [4.78, 5) is 52.6. The number of benzene rings is 2. The fourth-order valence-electron chi connectivity index (χ4n) is 5.56. The molecule has 2 aromatic carbocycles. The van der Waals surface area contributed by atoms with Crippen LogP contribution in [0.3, 0.4) is 0 Å². The van der Waals surface area contributed by atoms with Crippen molar-refractivity contribution in [2.45, 2.75) is 90.0 Å². The van der Waals surface area contributed by atoms with Gasteiger partial charge in [-0.2, -0.15) is 0 Å². The van der Waals surface area contributed by atoms with Crippen LogP contribution in [-0.4, -0.2) is 72.4 Å². The van der Waals surface area contributed by atoms with Gasteiger partial charge in [-0.25, -0.2) is 14.4 Å². The Hall–Kier alpha value is -4.08. The molecule has 1 unspecified atom stereocenters. The molecule has 1 saturated heterocycles. The van der Waals surface area contributed by atoms with E-state index in [1.807, 2.05) is 24.3 Å². The molecule has 10 nitrogen and oxygen atoms in total. The average Bonchev–Trinajstić information content (AvgIpc) is 3.56. The first-order valence-electron chi connectivity index (χ1n) is 15.0. The van der Waals surface area contributed by atoms with Crippen LogP contribution in [0, 0.1) is 0 Å². The molecule has 4 rings (SSSR count). The highest BCUT2D eigenvalue weighted by Gasteiger charge is 2.38. The Morgan fingerprint density at radius 3 is 2.21 bits per heavy atom. The largest absolute Gasteiger partial charge is 0.461 e. The molecule has 232 valence electrons. The summed E-state index contributed by atoms with van der Waals surface area (Å²) in [5, 5.41) is 5.52. The van der Waals surface area contributed by atoms with Crippen molar-refractivity contribution >= 4 is 24.1 Å². The maximum Gasteiger partial charge on any atom is 0.410 e. The second kappa shape index (κ2) is 13.9. The number of nitrogens with zero attached hydrogens (tertiary/aromatic N) is 1. The fraction of sp³-hybridized carbons (Fsp3) is 0.515. The lowest BCUT2D eigenvalue weighted by Gasteiger charge is -2.29. The molecule has 1 aliphatic heterocycles. The van der Waals surface area contributed by atoms with Gasteiger partial charge in [-0.05, 0) is 82.6 Å². The first-order chi connectivity index (χ1) is 20.4. The third kappa shape index (κ3) is 8.27. The molecule has 1 aliphatic carbocycles. The molecule has 0 radical (unpaired) electrons. The van der Waals surface area contributed by atoms with E-state index in [0.717, 1.165) is 22.3 Å². The van der Waals surface area contributed by atoms with Crippen LogP contribution in [0.15, 0.2) is 48.5 Å². The lowest BCUT2D eigenvalue weighted by molar-refractivity contribution is -0.152. The van der Waals surface area contributed by atoms with Gasteiger partial charge in [-0.3, -0.25) is 9.69 Å². The zero-order chi connectivity index (χ0) is 31.1. The molecule has 0 bridgehead atoms. The Balaban J connectivity index is 1.28. The van der Waals surface area contributed by atoms with E-state index in [4.69, 9.17) is 14.2 Å². The molecule has 43 heavy (non-hydrogen) atoms. The summed E-state index contributed by atoms with van der Waals surface area (Å²) in [6.45, 7) is 9.62. The third-order valence-corrected chi connectivity index (χ3v) is 7.42. The van der Waals surface area contributed by atoms with Crippen LogP contribution < -0.4 is 10.6 Å². The van der Waals surface area contributed by atoms with E-state index in [9.17, 15) is 19.2 Å². The molecule has 1 heterocycles. The Bertz CT molecular complexity index is 1270. The Labute approximate surface area is 253 Å². The predicted molar refractivity (Wildman–Crippen MR) is 161 cm³/mol. The zero-order valence-corrected chi connectivity index (χ0v) is 25.7. The summed E-state index contributed by atoms with van der Waals surface area (Å²) in [5.41, 5.74) is 3.88. The molecule has 2 N–H and O–H groups in total. The number of carbonyl (C=O) groups excluding carboxylic acids is 4. The lowest BCUT2D eigenvalue weighted by atomic mass is 9.98. The van der Waals surface area contributed by atoms with Crippen molar-refractivity contribution in [1.29, 1.82) is 0 Å². The molecule has 2 aliphatic rings. The number of esters is 1. The van der Waals surface area contributed by atoms with Crippen molar-refractivity contribution in [3.8, 4) is 11.1 Å². The van der Waals surface area contributed by atoms with Crippen molar-refractivity contribution in [3.05, 3.63) is 59.7 Å². The van der Waals surface area contributed by atoms with E-state index in [0.29, 0.717) is 25.8 Å². The number of carbonyl (C=O) groups is 4. The second-order valence-electron chi connectivity index (χ2n) is 12.3. The highest BCUT2D eigenvalue weighted by Crippen LogP contribution is 2.44. The number of likely N-dealkylation sites (tertiary alicyclic amines) is 1. The van der Waals surface area contributed by atoms with Gasteiger partial charge in [0.25, 0.3) is 0 Å². The number of ether oxygens (including phenoxy) is 3. The van der Waals surface area contributed by atoms with E-state index < -0.39 is 41.7 Å². The van der Waals surface area contributed by atoms with Gasteiger partial charge in [0.2, 0.25) is 5.91 Å². The molecule has 3 amide bonds. The Morgan fingerprint density at radius 1 is 0.977 bits per heavy atom. The summed E-state index contributed by atoms with van der Waals surface area (Å²) < 4.78 is 16.4. The molecule has 2 aromatic rings. The Morgan fingerprint density at radius 2 is 1.60 bits per heavy atom. The standard InChI is InChI=1S/C33H43N3O7/c1-21(2)42-30(38)27(35-29(37)28-17-11-19-36(28)32(40)43-33(3,4)5)16-10-18-34-31(39)41-20-26-24-14-8-6-12-22(24)23-13-7-9-15-25(23)26/h6-9,12-15,21,26-28H,10-11,16-20H2,1-5H3,(H,34,39)(H,35,37)/t27?,28-/m0/s1. The highest BCUT2D eigenvalue weighted by atomic mass is 16.6. The summed E-state index contributed by atoms with van der Waals surface area (Å²) in [6, 6.07) is 14.6. The predicted octanol–water partition coefficient (Wildman–Crippen LogP) is 5.14. The van der Waals surface area contributed by atoms with Gasteiger partial charge in [0.1, 0.15) is 24.3 Å². The van der Waals surface area contributed by atoms with Crippen LogP contribution in [-0.2, 0) is 23.8 Å². The van der Waals surface area contributed by atoms with Gasteiger partial charge in [-0.1, -0.05) is 48.5 Å². The summed E-state index contributed by atoms with van der Waals surface area (Å²) in [6.07, 6.45) is 0.284. The molecule has 0 saturated carbocycles. The van der Waals surface area contributed by atoms with E-state index in [-0.39, 0.29) is 31.6 Å². The van der Waals surface area contributed by atoms with Crippen LogP contribution in [0.2, 0.25) is 0 Å². The molecule has 1 fully saturated rings. The van der Waals surface area contributed by atoms with Gasteiger partial charge in [0.05, 0.1) is 6.10 Å². The van der Waals surface area contributed by atoms with E-state index in [2.05, 4.69) is 34.9 Å². The monoisotopic (exact) mass is 593 g/mol. The molecular weight excluding hydrogens is 550 g/mol. The number of rotatable bonds is 10. The number of fused-ring (bicyclic) bond motifs is 3. The van der Waals surface area contributed by atoms with Crippen LogP contribution in [0.4, 0.5) is 9.59 Å². The minimum Gasteiger partial charge on any atom is -0.461 e. The summed E-state index contributed by atoms with van der Waals surface area (Å²) in [7, 11) is 0. The number of amides is 3. The highest BCUT2D eigenvalue weighted by molar-refractivity contribution is 5.90. The van der Waals surface area contributed by atoms with Crippen LogP contribution in [0.25, 0.3) is 11.1 Å². The third-order valence-electron chi connectivity index (χ3n) is 7.42. The topological polar surface area (TPSA) is 123 Å². The molecule has 2 atom stereocenters. The van der Waals surface area contributed by atoms with E-state index >= 15 is 0 Å². The van der Waals surface area contributed by atoms with Gasteiger partial charge < -0.3 is 24.8 Å². The van der Waals surface area contributed by atoms with Crippen molar-refractivity contribution in [1.82, 2.24) is 15.5 Å². The number of nitrogens with one attached hydrogen (secondary N) is 2. The van der Waals surface area contributed by atoms with Crippen LogP contribution >= 0.6 is 0 Å². The first kappa shape index (κ1) is 31.8. The molecule has 0 spiro atoms. The fourth-order valence-corrected chi connectivity index (χ4v) is 5.56. The van der Waals surface area contributed by atoms with Crippen LogP contribution in [0.1, 0.15) is 77.3 Å². The second-order valence-corrected chi connectivity index (χ2v) is 12.3. The summed E-state index contributed by atoms with van der Waals surface area (Å²) in [5.74, 6) is -1.04. The van der Waals surface area contributed by atoms with Crippen LogP contribution in [0.5, 0.6) is 0 Å². The van der Waals surface area contributed by atoms with E-state index in [1.54, 1.807) is 34.6 Å². The number of hydrogen-bond acceptors (Lipinski definition) is 7. The quantitative estimate of drug-likeness (QED) is 0.222. The smallest absolute Gasteiger partial charge is 0.410 e. The first-order valence-corrected chi connectivity index (χ1v) is 15.0. The van der Waals surface area contributed by atoms with Crippen molar-refractivity contribution in [3.63, 3.8) is 0 Å². The van der Waals surface area contributed by atoms with Crippen molar-refractivity contribution in [2.24, 2.45) is 0 Å². The van der Waals surface area contributed by atoms with Crippen molar-refractivity contribution < 1.29 is 33.4 Å². The number of hydrogen-bond donors (Lipinski definition) is 2. The molecule has 0 aromatic heterocycles. The minimum absolute atomic E-state index is 0.0422. The summed E-state index contributed by atoms with van der Waals surface area (Å²) >= 11 is 0. The maximum atomic E-state index is 13.2. The Kier molecular flexibility index (Phi) is 10.3. The van der Waals surface area contributed by atoms with Crippen molar-refractivity contribution in [2.75, 3.05) is 19.7 Å². The lowest BCUT2D eigenvalue weighted by Crippen LogP contribution is -2.52. The number of alkyl carbamates (subject to hydrolysis) is 1. The zero-order valence-electron chi connectivity index (χ0n) is 25.7. The maximum absolute atomic E-state index is 13.2. The average molecular weight is 594 g/mol. The molecule has 10 heteroatoms. The normalized spacial score (nSPS) is 16.7. The minimum atomic E-state index is -0.930.